The first-order chi connectivity index (χ1) is 16.5. The van der Waals surface area contributed by atoms with E-state index in [9.17, 15) is 27.2 Å². The van der Waals surface area contributed by atoms with Crippen molar-refractivity contribution in [2.75, 3.05) is 0 Å². The van der Waals surface area contributed by atoms with Gasteiger partial charge in [-0.1, -0.05) is 75.5 Å². The van der Waals surface area contributed by atoms with E-state index in [4.69, 9.17) is 23.2 Å². The first-order valence-corrected chi connectivity index (χ1v) is 11.6. The molecule has 0 aromatic heterocycles. The van der Waals surface area contributed by atoms with Gasteiger partial charge in [0.25, 0.3) is 11.8 Å². The van der Waals surface area contributed by atoms with Crippen molar-refractivity contribution in [2.45, 2.75) is 18.6 Å². The van der Waals surface area contributed by atoms with E-state index in [0.29, 0.717) is 26.7 Å². The summed E-state index contributed by atoms with van der Waals surface area (Å²) in [6.07, 6.45) is -2.49. The largest absolute Gasteiger partial charge is 0.399 e. The van der Waals surface area contributed by atoms with E-state index in [1.807, 2.05) is 0 Å². The highest BCUT2D eigenvalue weighted by Gasteiger charge is 2.39. The van der Waals surface area contributed by atoms with E-state index in [0.717, 1.165) is 23.1 Å². The molecule has 10 heteroatoms. The summed E-state index contributed by atoms with van der Waals surface area (Å²) in [5.41, 5.74) is 1.38. The molecule has 0 bridgehead atoms. The van der Waals surface area contributed by atoms with Gasteiger partial charge in [-0.05, 0) is 47.0 Å². The molecule has 4 rings (SSSR count). The Morgan fingerprint density at radius 1 is 0.943 bits per heavy atom. The molecule has 1 atom stereocenters. The summed E-state index contributed by atoms with van der Waals surface area (Å²) in [5.74, 6) is -3.88. The number of benzene rings is 3. The molecule has 35 heavy (non-hydrogen) atoms. The average molecular weight is 587 g/mol. The Hall–Kier alpha value is -2.68. The second kappa shape index (κ2) is 9.76. The van der Waals surface area contributed by atoms with Gasteiger partial charge >= 0.3 is 6.18 Å². The quantitative estimate of drug-likeness (QED) is 0.172. The van der Waals surface area contributed by atoms with E-state index in [1.54, 1.807) is 42.5 Å². The molecule has 0 radical (unpaired) electrons. The highest BCUT2D eigenvalue weighted by Crippen LogP contribution is 2.39. The topological polar surface area (TPSA) is 37.4 Å². The van der Waals surface area contributed by atoms with E-state index in [1.165, 1.54) is 6.08 Å². The molecule has 3 aromatic rings. The third-order valence-electron chi connectivity index (χ3n) is 5.48. The summed E-state index contributed by atoms with van der Waals surface area (Å²) in [6, 6.07) is 13.0. The fourth-order valence-electron chi connectivity index (χ4n) is 3.72. The number of halogens is 7. The minimum atomic E-state index is -4.68. The highest BCUT2D eigenvalue weighted by atomic mass is 79.9. The lowest BCUT2D eigenvalue weighted by molar-refractivity contribution is -0.139. The van der Waals surface area contributed by atoms with Crippen LogP contribution in [0.4, 0.5) is 17.6 Å². The number of hydrogen-bond donors (Lipinski definition) is 0. The highest BCUT2D eigenvalue weighted by molar-refractivity contribution is 9.10. The molecular formula is C25H14BrCl2F4NO2. The molecule has 0 saturated heterocycles. The summed E-state index contributed by atoms with van der Waals surface area (Å²) in [7, 11) is 0. The number of allylic oxidation sites excluding steroid dienone is 1. The van der Waals surface area contributed by atoms with E-state index in [-0.39, 0.29) is 12.1 Å². The monoisotopic (exact) mass is 585 g/mol. The van der Waals surface area contributed by atoms with Crippen LogP contribution in [0.5, 0.6) is 0 Å². The van der Waals surface area contributed by atoms with Crippen molar-refractivity contribution in [3.05, 3.63) is 109 Å². The number of hydrogen-bond acceptors (Lipinski definition) is 2. The number of rotatable bonds is 5. The van der Waals surface area contributed by atoms with Gasteiger partial charge in [0.2, 0.25) is 0 Å². The zero-order chi connectivity index (χ0) is 25.5. The standard InChI is InChI=1S/C25H14BrCl2F4NO2/c26-19-9-13(6-8-18(25(30,31)32)15-10-20(27)22(29)21(28)11-15)5-7-14(19)12-33-23(34)16-3-1-2-4-17(16)24(33)35/h1-11,18H,12H2. The van der Waals surface area contributed by atoms with Gasteiger partial charge in [-0.3, -0.25) is 14.5 Å². The fraction of sp³-hybridized carbons (Fsp3) is 0.120. The van der Waals surface area contributed by atoms with Gasteiger partial charge in [0.15, 0.2) is 5.82 Å². The Labute approximate surface area is 216 Å². The smallest absolute Gasteiger partial charge is 0.270 e. The number of alkyl halides is 3. The number of carbonyl (C=O) groups is 2. The molecule has 0 saturated carbocycles. The molecule has 1 aliphatic heterocycles. The molecule has 1 heterocycles. The first-order valence-electron chi connectivity index (χ1n) is 10.1. The Bertz CT molecular complexity index is 1320. The van der Waals surface area contributed by atoms with Gasteiger partial charge in [0.05, 0.1) is 33.6 Å². The van der Waals surface area contributed by atoms with Crippen LogP contribution in [-0.4, -0.2) is 22.9 Å². The third kappa shape index (κ3) is 5.15. The molecule has 3 nitrogen and oxygen atoms in total. The van der Waals surface area contributed by atoms with E-state index in [2.05, 4.69) is 15.9 Å². The van der Waals surface area contributed by atoms with Crippen molar-refractivity contribution < 1.29 is 27.2 Å². The van der Waals surface area contributed by atoms with Gasteiger partial charge in [-0.25, -0.2) is 4.39 Å². The Morgan fingerprint density at radius 3 is 2.03 bits per heavy atom. The van der Waals surface area contributed by atoms with Crippen molar-refractivity contribution in [3.8, 4) is 0 Å². The summed E-state index contributed by atoms with van der Waals surface area (Å²) < 4.78 is 55.3. The molecule has 0 fully saturated rings. The van der Waals surface area contributed by atoms with Crippen LogP contribution in [0.1, 0.15) is 43.3 Å². The molecule has 0 N–H and O–H groups in total. The van der Waals surface area contributed by atoms with Crippen LogP contribution in [-0.2, 0) is 6.54 Å². The van der Waals surface area contributed by atoms with Crippen molar-refractivity contribution >= 4 is 57.0 Å². The zero-order valence-electron chi connectivity index (χ0n) is 17.5. The summed E-state index contributed by atoms with van der Waals surface area (Å²) in [5, 5.41) is -1.01. The lowest BCUT2D eigenvalue weighted by Crippen LogP contribution is -2.29. The molecule has 2 amide bonds. The average Bonchev–Trinajstić information content (AvgIpc) is 3.03. The van der Waals surface area contributed by atoms with Gasteiger partial charge in [-0.2, -0.15) is 13.2 Å². The van der Waals surface area contributed by atoms with Crippen LogP contribution >= 0.6 is 39.1 Å². The predicted octanol–water partition coefficient (Wildman–Crippen LogP) is 8.05. The van der Waals surface area contributed by atoms with E-state index < -0.39 is 39.8 Å². The Kier molecular flexibility index (Phi) is 7.09. The number of fused-ring (bicyclic) bond motifs is 1. The normalized spacial score (nSPS) is 14.7. The Balaban J connectivity index is 1.57. The summed E-state index contributed by atoms with van der Waals surface area (Å²) >= 11 is 14.7. The summed E-state index contributed by atoms with van der Waals surface area (Å²) in [4.78, 5) is 26.3. The van der Waals surface area contributed by atoms with Crippen molar-refractivity contribution in [2.24, 2.45) is 0 Å². The van der Waals surface area contributed by atoms with Gasteiger partial charge in [0, 0.05) is 4.47 Å². The number of nitrogens with zero attached hydrogens (tertiary/aromatic N) is 1. The van der Waals surface area contributed by atoms with Crippen LogP contribution < -0.4 is 0 Å². The van der Waals surface area contributed by atoms with Crippen molar-refractivity contribution in [1.29, 1.82) is 0 Å². The first kappa shape index (κ1) is 25.4. The molecule has 180 valence electrons. The molecule has 1 unspecified atom stereocenters. The number of carbonyl (C=O) groups excluding carboxylic acids is 2. The molecule has 0 aliphatic carbocycles. The zero-order valence-corrected chi connectivity index (χ0v) is 20.6. The van der Waals surface area contributed by atoms with Gasteiger partial charge < -0.3 is 0 Å². The molecule has 1 aliphatic rings. The number of amides is 2. The van der Waals surface area contributed by atoms with Gasteiger partial charge in [-0.15, -0.1) is 0 Å². The van der Waals surface area contributed by atoms with Crippen LogP contribution in [0.15, 0.2) is 65.1 Å². The Morgan fingerprint density at radius 2 is 1.51 bits per heavy atom. The SMILES string of the molecule is O=C1c2ccccc2C(=O)N1Cc1ccc(C=CC(c2cc(Cl)c(F)c(Cl)c2)C(F)(F)F)cc1Br. The molecule has 0 spiro atoms. The van der Waals surface area contributed by atoms with Crippen LogP contribution in [0.25, 0.3) is 6.08 Å². The second-order valence-corrected chi connectivity index (χ2v) is 9.44. The van der Waals surface area contributed by atoms with Crippen LogP contribution in [0.2, 0.25) is 10.0 Å². The van der Waals surface area contributed by atoms with Gasteiger partial charge in [0.1, 0.15) is 0 Å². The molecular weight excluding hydrogens is 573 g/mol. The predicted molar refractivity (Wildman–Crippen MR) is 129 cm³/mol. The fourth-order valence-corrected chi connectivity index (χ4v) is 4.75. The van der Waals surface area contributed by atoms with Crippen molar-refractivity contribution in [1.82, 2.24) is 4.90 Å². The maximum Gasteiger partial charge on any atom is 0.399 e. The molecule has 3 aromatic carbocycles. The lowest BCUT2D eigenvalue weighted by Gasteiger charge is -2.18. The third-order valence-corrected chi connectivity index (χ3v) is 6.77. The lowest BCUT2D eigenvalue weighted by atomic mass is 9.97. The van der Waals surface area contributed by atoms with Crippen LogP contribution in [0, 0.1) is 5.82 Å². The second-order valence-electron chi connectivity index (χ2n) is 7.77. The minimum absolute atomic E-state index is 0.00528. The summed E-state index contributed by atoms with van der Waals surface area (Å²) in [6.45, 7) is -0.00528. The van der Waals surface area contributed by atoms with E-state index >= 15 is 0 Å². The van der Waals surface area contributed by atoms with Crippen molar-refractivity contribution in [3.63, 3.8) is 0 Å². The number of imide groups is 1. The minimum Gasteiger partial charge on any atom is -0.270 e. The maximum atomic E-state index is 13.7. The van der Waals surface area contributed by atoms with Crippen LogP contribution in [0.3, 0.4) is 0 Å². The maximum absolute atomic E-state index is 13.7.